The molecule has 86 valence electrons. The highest BCUT2D eigenvalue weighted by Gasteiger charge is 2.10. The molecular weight excluding hydrogens is 246 g/mol. The molecule has 2 aromatic rings. The van der Waals surface area contributed by atoms with Crippen LogP contribution in [0.2, 0.25) is 19.6 Å². The Kier molecular flexibility index (Phi) is 3.14. The molecule has 2 aromatic heterocycles. The number of aromatic nitrogens is 1. The molecule has 0 fully saturated rings. The Hall–Kier alpha value is -1.44. The van der Waals surface area contributed by atoms with Gasteiger partial charge in [-0.3, -0.25) is 9.78 Å². The normalized spacial score (nSPS) is 11.0. The van der Waals surface area contributed by atoms with Crippen molar-refractivity contribution in [2.45, 2.75) is 19.6 Å². The smallest absolute Gasteiger partial charge is 0.152 e. The van der Waals surface area contributed by atoms with E-state index in [-0.39, 0.29) is 0 Å². The first-order valence-corrected chi connectivity index (χ1v) is 9.73. The molecule has 0 aromatic carbocycles. The van der Waals surface area contributed by atoms with Crippen LogP contribution in [0, 0.1) is 11.5 Å². The van der Waals surface area contributed by atoms with Crippen molar-refractivity contribution in [2.24, 2.45) is 0 Å². The largest absolute Gasteiger partial charge is 0.298 e. The standard InChI is InChI=1S/C13H13NOSSi/c1-17(2,3)5-4-10-9-16-12-7-14-6-11(8-15)13(10)12/h6-9H,1-3H3. The Bertz CT molecular complexity index is 628. The van der Waals surface area contributed by atoms with E-state index in [0.29, 0.717) is 5.56 Å². The maximum absolute atomic E-state index is 11.0. The predicted molar refractivity (Wildman–Crippen MR) is 75.2 cm³/mol. The number of hydrogen-bond acceptors (Lipinski definition) is 3. The van der Waals surface area contributed by atoms with Crippen LogP contribution in [-0.4, -0.2) is 19.3 Å². The maximum Gasteiger partial charge on any atom is 0.152 e. The van der Waals surface area contributed by atoms with Crippen LogP contribution in [0.25, 0.3) is 10.1 Å². The van der Waals surface area contributed by atoms with Gasteiger partial charge >= 0.3 is 0 Å². The molecule has 2 rings (SSSR count). The zero-order chi connectivity index (χ0) is 12.5. The van der Waals surface area contributed by atoms with E-state index < -0.39 is 8.07 Å². The third kappa shape index (κ3) is 2.63. The van der Waals surface area contributed by atoms with E-state index in [1.807, 2.05) is 5.38 Å². The van der Waals surface area contributed by atoms with Gasteiger partial charge in [-0.15, -0.1) is 16.9 Å². The van der Waals surface area contributed by atoms with Crippen molar-refractivity contribution in [3.05, 3.63) is 28.9 Å². The molecule has 0 amide bonds. The molecule has 0 bridgehead atoms. The number of thiophene rings is 1. The lowest BCUT2D eigenvalue weighted by Crippen LogP contribution is -2.16. The Morgan fingerprint density at radius 1 is 1.35 bits per heavy atom. The van der Waals surface area contributed by atoms with Gasteiger partial charge in [-0.25, -0.2) is 0 Å². The highest BCUT2D eigenvalue weighted by Crippen LogP contribution is 2.26. The fourth-order valence-electron chi connectivity index (χ4n) is 1.45. The number of hydrogen-bond donors (Lipinski definition) is 0. The highest BCUT2D eigenvalue weighted by molar-refractivity contribution is 7.17. The van der Waals surface area contributed by atoms with E-state index in [0.717, 1.165) is 21.9 Å². The third-order valence-electron chi connectivity index (χ3n) is 2.21. The number of carbonyl (C=O) groups excluding carboxylic acids is 1. The number of carbonyl (C=O) groups is 1. The molecular formula is C13H13NOSSi. The van der Waals surface area contributed by atoms with Crippen molar-refractivity contribution in [1.82, 2.24) is 4.98 Å². The zero-order valence-electron chi connectivity index (χ0n) is 10.1. The predicted octanol–water partition coefficient (Wildman–Crippen LogP) is 3.34. The Morgan fingerprint density at radius 3 is 2.76 bits per heavy atom. The average molecular weight is 259 g/mol. The molecule has 4 heteroatoms. The zero-order valence-corrected chi connectivity index (χ0v) is 11.9. The molecule has 0 aliphatic carbocycles. The minimum Gasteiger partial charge on any atom is -0.298 e. The summed E-state index contributed by atoms with van der Waals surface area (Å²) in [7, 11) is -1.39. The molecule has 0 atom stereocenters. The first-order valence-electron chi connectivity index (χ1n) is 5.35. The van der Waals surface area contributed by atoms with Gasteiger partial charge in [-0.05, 0) is 0 Å². The van der Waals surface area contributed by atoms with Crippen molar-refractivity contribution in [3.8, 4) is 11.5 Å². The van der Waals surface area contributed by atoms with Gasteiger partial charge in [0.05, 0.1) is 4.70 Å². The summed E-state index contributed by atoms with van der Waals surface area (Å²) in [5.74, 6) is 3.22. The van der Waals surface area contributed by atoms with E-state index in [9.17, 15) is 4.79 Å². The van der Waals surface area contributed by atoms with Crippen molar-refractivity contribution >= 4 is 35.8 Å². The summed E-state index contributed by atoms with van der Waals surface area (Å²) in [6, 6.07) is 0. The molecule has 0 N–H and O–H groups in total. The van der Waals surface area contributed by atoms with Gasteiger partial charge in [-0.1, -0.05) is 25.6 Å². The van der Waals surface area contributed by atoms with Gasteiger partial charge in [0, 0.05) is 34.3 Å². The fourth-order valence-corrected chi connectivity index (χ4v) is 2.85. The number of fused-ring (bicyclic) bond motifs is 1. The lowest BCUT2D eigenvalue weighted by Gasteiger charge is -2.03. The second kappa shape index (κ2) is 4.44. The van der Waals surface area contributed by atoms with E-state index in [1.165, 1.54) is 0 Å². The number of pyridine rings is 1. The van der Waals surface area contributed by atoms with Crippen molar-refractivity contribution in [2.75, 3.05) is 0 Å². The third-order valence-corrected chi connectivity index (χ3v) is 4.00. The van der Waals surface area contributed by atoms with Crippen LogP contribution in [0.4, 0.5) is 0 Å². The summed E-state index contributed by atoms with van der Waals surface area (Å²) in [5, 5.41) is 2.96. The number of nitrogens with zero attached hydrogens (tertiary/aromatic N) is 1. The van der Waals surface area contributed by atoms with Crippen LogP contribution in [-0.2, 0) is 0 Å². The Morgan fingerprint density at radius 2 is 2.12 bits per heavy atom. The lowest BCUT2D eigenvalue weighted by atomic mass is 10.1. The minimum atomic E-state index is -1.39. The molecule has 0 saturated heterocycles. The van der Waals surface area contributed by atoms with E-state index in [1.54, 1.807) is 23.7 Å². The molecule has 0 unspecified atom stereocenters. The fraction of sp³-hybridized carbons (Fsp3) is 0.231. The van der Waals surface area contributed by atoms with Crippen LogP contribution in [0.5, 0.6) is 0 Å². The van der Waals surface area contributed by atoms with E-state index in [4.69, 9.17) is 0 Å². The first kappa shape index (κ1) is 12.0. The summed E-state index contributed by atoms with van der Waals surface area (Å²) < 4.78 is 1.02. The van der Waals surface area contributed by atoms with Crippen LogP contribution >= 0.6 is 11.3 Å². The monoisotopic (exact) mass is 259 g/mol. The van der Waals surface area contributed by atoms with Gasteiger partial charge in [0.2, 0.25) is 0 Å². The van der Waals surface area contributed by atoms with Gasteiger partial charge in [-0.2, -0.15) is 0 Å². The SMILES string of the molecule is C[Si](C)(C)C#Cc1csc2cncc(C=O)c12. The van der Waals surface area contributed by atoms with Gasteiger partial charge in [0.25, 0.3) is 0 Å². The summed E-state index contributed by atoms with van der Waals surface area (Å²) in [6.45, 7) is 6.62. The highest BCUT2D eigenvalue weighted by atomic mass is 32.1. The molecule has 2 heterocycles. The van der Waals surface area contributed by atoms with Crippen molar-refractivity contribution in [3.63, 3.8) is 0 Å². The molecule has 0 aliphatic rings. The first-order chi connectivity index (χ1) is 8.01. The Balaban J connectivity index is 2.62. The van der Waals surface area contributed by atoms with Crippen LogP contribution < -0.4 is 0 Å². The van der Waals surface area contributed by atoms with Gasteiger partial charge < -0.3 is 0 Å². The van der Waals surface area contributed by atoms with Crippen molar-refractivity contribution < 1.29 is 4.79 Å². The summed E-state index contributed by atoms with van der Waals surface area (Å²) in [5.41, 5.74) is 4.91. The van der Waals surface area contributed by atoms with Crippen molar-refractivity contribution in [1.29, 1.82) is 0 Å². The van der Waals surface area contributed by atoms with Gasteiger partial charge in [0.1, 0.15) is 8.07 Å². The molecule has 0 spiro atoms. The Labute approximate surface area is 106 Å². The second-order valence-electron chi connectivity index (χ2n) is 4.87. The van der Waals surface area contributed by atoms with E-state index in [2.05, 4.69) is 36.1 Å². The van der Waals surface area contributed by atoms with Crippen LogP contribution in [0.15, 0.2) is 17.8 Å². The topological polar surface area (TPSA) is 30.0 Å². The summed E-state index contributed by atoms with van der Waals surface area (Å²) >= 11 is 1.59. The van der Waals surface area contributed by atoms with Crippen LogP contribution in [0.3, 0.4) is 0 Å². The maximum atomic E-state index is 11.0. The van der Waals surface area contributed by atoms with Gasteiger partial charge in [0.15, 0.2) is 6.29 Å². The average Bonchev–Trinajstić information content (AvgIpc) is 2.68. The summed E-state index contributed by atoms with van der Waals surface area (Å²) in [4.78, 5) is 15.0. The second-order valence-corrected chi connectivity index (χ2v) is 10.5. The molecule has 0 aliphatic heterocycles. The molecule has 0 radical (unpaired) electrons. The minimum absolute atomic E-state index is 0.628. The van der Waals surface area contributed by atoms with E-state index >= 15 is 0 Å². The molecule has 2 nitrogen and oxygen atoms in total. The molecule has 17 heavy (non-hydrogen) atoms. The van der Waals surface area contributed by atoms with Crippen LogP contribution in [0.1, 0.15) is 15.9 Å². The summed E-state index contributed by atoms with van der Waals surface area (Å²) in [6.07, 6.45) is 4.23. The number of rotatable bonds is 1. The molecule has 0 saturated carbocycles. The quantitative estimate of drug-likeness (QED) is 0.446. The lowest BCUT2D eigenvalue weighted by molar-refractivity contribution is 0.112. The number of aldehydes is 1.